The molecule has 0 N–H and O–H groups in total. The zero-order chi connectivity index (χ0) is 16.4. The van der Waals surface area contributed by atoms with E-state index in [0.29, 0.717) is 24.4 Å². The summed E-state index contributed by atoms with van der Waals surface area (Å²) in [6, 6.07) is 6.38. The van der Waals surface area contributed by atoms with E-state index in [9.17, 15) is 12.8 Å². The van der Waals surface area contributed by atoms with E-state index in [0.717, 1.165) is 19.3 Å². The number of aryl methyl sites for hydroxylation is 1. The first kappa shape index (κ1) is 16.1. The molecule has 1 atom stereocenters. The Hall–Kier alpha value is -1.73. The predicted molar refractivity (Wildman–Crippen MR) is 82.7 cm³/mol. The summed E-state index contributed by atoms with van der Waals surface area (Å²) in [7, 11) is -3.71. The second-order valence-electron chi connectivity index (χ2n) is 5.80. The smallest absolute Gasteiger partial charge is 0.243 e. The zero-order valence-corrected chi connectivity index (χ0v) is 13.7. The summed E-state index contributed by atoms with van der Waals surface area (Å²) in [5.41, 5.74) is 0.634. The van der Waals surface area contributed by atoms with Crippen molar-refractivity contribution in [2.75, 3.05) is 6.54 Å². The van der Waals surface area contributed by atoms with Crippen molar-refractivity contribution in [2.45, 2.75) is 43.5 Å². The lowest BCUT2D eigenvalue weighted by Crippen LogP contribution is -2.35. The quantitative estimate of drug-likeness (QED) is 0.860. The van der Waals surface area contributed by atoms with Gasteiger partial charge < -0.3 is 4.52 Å². The Balaban J connectivity index is 2.00. The number of rotatable bonds is 3. The van der Waals surface area contributed by atoms with Gasteiger partial charge in [0.2, 0.25) is 10.0 Å². The van der Waals surface area contributed by atoms with Gasteiger partial charge in [-0.05, 0) is 44.0 Å². The Labute approximate surface area is 135 Å². The fourth-order valence-corrected chi connectivity index (χ4v) is 4.62. The average molecular weight is 338 g/mol. The number of hydrogen-bond donors (Lipinski definition) is 0. The van der Waals surface area contributed by atoms with Crippen LogP contribution in [0.5, 0.6) is 0 Å². The molecule has 1 aliphatic heterocycles. The summed E-state index contributed by atoms with van der Waals surface area (Å²) in [4.78, 5) is 0.103. The minimum atomic E-state index is -3.71. The fourth-order valence-electron chi connectivity index (χ4n) is 2.95. The van der Waals surface area contributed by atoms with Gasteiger partial charge in [-0.15, -0.1) is 0 Å². The molecule has 1 aromatic heterocycles. The third-order valence-electron chi connectivity index (χ3n) is 4.11. The fraction of sp³-hybridized carbons (Fsp3) is 0.438. The van der Waals surface area contributed by atoms with E-state index in [1.54, 1.807) is 13.0 Å². The van der Waals surface area contributed by atoms with E-state index in [1.807, 2.05) is 0 Å². The van der Waals surface area contributed by atoms with Crippen LogP contribution in [0.4, 0.5) is 4.39 Å². The van der Waals surface area contributed by atoms with Crippen LogP contribution < -0.4 is 0 Å². The summed E-state index contributed by atoms with van der Waals surface area (Å²) < 4.78 is 45.7. The van der Waals surface area contributed by atoms with Crippen molar-refractivity contribution in [1.29, 1.82) is 0 Å². The highest BCUT2D eigenvalue weighted by molar-refractivity contribution is 7.89. The van der Waals surface area contributed by atoms with Crippen molar-refractivity contribution in [3.63, 3.8) is 0 Å². The summed E-state index contributed by atoms with van der Waals surface area (Å²) >= 11 is 0. The number of nitrogens with zero attached hydrogens (tertiary/aromatic N) is 2. The van der Waals surface area contributed by atoms with Crippen LogP contribution in [-0.4, -0.2) is 24.4 Å². The first-order valence-electron chi connectivity index (χ1n) is 7.69. The highest BCUT2D eigenvalue weighted by Gasteiger charge is 2.34. The van der Waals surface area contributed by atoms with Crippen LogP contribution >= 0.6 is 0 Å². The monoisotopic (exact) mass is 338 g/mol. The van der Waals surface area contributed by atoms with Gasteiger partial charge in [-0.2, -0.15) is 4.31 Å². The molecule has 2 heterocycles. The molecule has 2 aromatic rings. The molecule has 1 aromatic carbocycles. The van der Waals surface area contributed by atoms with Gasteiger partial charge in [-0.1, -0.05) is 18.0 Å². The van der Waals surface area contributed by atoms with Crippen LogP contribution in [0.2, 0.25) is 0 Å². The van der Waals surface area contributed by atoms with E-state index >= 15 is 0 Å². The van der Waals surface area contributed by atoms with Gasteiger partial charge in [0.25, 0.3) is 0 Å². The van der Waals surface area contributed by atoms with Crippen molar-refractivity contribution in [1.82, 2.24) is 9.46 Å². The zero-order valence-electron chi connectivity index (χ0n) is 12.9. The molecule has 124 valence electrons. The van der Waals surface area contributed by atoms with E-state index < -0.39 is 15.8 Å². The summed E-state index contributed by atoms with van der Waals surface area (Å²) in [5.74, 6) is 0.201. The lowest BCUT2D eigenvalue weighted by atomic mass is 10.1. The van der Waals surface area contributed by atoms with Crippen molar-refractivity contribution in [2.24, 2.45) is 0 Å². The maximum absolute atomic E-state index is 13.1. The summed E-state index contributed by atoms with van der Waals surface area (Å²) in [6.45, 7) is 2.21. The molecule has 1 fully saturated rings. The highest BCUT2D eigenvalue weighted by Crippen LogP contribution is 2.34. The molecule has 3 rings (SSSR count). The van der Waals surface area contributed by atoms with Gasteiger partial charge in [0.15, 0.2) is 0 Å². The first-order valence-corrected chi connectivity index (χ1v) is 9.13. The Morgan fingerprint density at radius 1 is 1.22 bits per heavy atom. The lowest BCUT2D eigenvalue weighted by Gasteiger charge is -2.27. The van der Waals surface area contributed by atoms with Gasteiger partial charge in [-0.3, -0.25) is 0 Å². The molecule has 0 spiro atoms. The topological polar surface area (TPSA) is 63.4 Å². The maximum Gasteiger partial charge on any atom is 0.243 e. The van der Waals surface area contributed by atoms with Gasteiger partial charge in [-0.25, -0.2) is 12.8 Å². The summed E-state index contributed by atoms with van der Waals surface area (Å²) in [6.07, 6.45) is 3.41. The normalized spacial score (nSPS) is 20.3. The minimum Gasteiger partial charge on any atom is -0.361 e. The number of aromatic nitrogens is 1. The second kappa shape index (κ2) is 6.41. The van der Waals surface area contributed by atoms with Crippen LogP contribution in [-0.2, 0) is 10.0 Å². The van der Waals surface area contributed by atoms with Crippen LogP contribution in [0.3, 0.4) is 0 Å². The minimum absolute atomic E-state index is 0.103. The SMILES string of the molecule is Cc1cc([C@@H]2CCCCCN2S(=O)(=O)c2ccc(F)cc2)no1. The molecule has 0 aliphatic carbocycles. The third kappa shape index (κ3) is 3.30. The summed E-state index contributed by atoms with van der Waals surface area (Å²) in [5, 5.41) is 4.01. The van der Waals surface area contributed by atoms with Crippen molar-refractivity contribution in [3.8, 4) is 0 Å². The molecule has 0 saturated carbocycles. The van der Waals surface area contributed by atoms with Gasteiger partial charge in [0, 0.05) is 12.6 Å². The largest absolute Gasteiger partial charge is 0.361 e. The Morgan fingerprint density at radius 2 is 1.96 bits per heavy atom. The Morgan fingerprint density at radius 3 is 2.61 bits per heavy atom. The number of hydrogen-bond acceptors (Lipinski definition) is 4. The highest BCUT2D eigenvalue weighted by atomic mass is 32.2. The van der Waals surface area contributed by atoms with E-state index in [1.165, 1.54) is 28.6 Å². The molecule has 5 nitrogen and oxygen atoms in total. The molecule has 0 amide bonds. The standard InChI is InChI=1S/C16H19FN2O3S/c1-12-11-15(18-22-12)16-5-3-2-4-10-19(16)23(20,21)14-8-6-13(17)7-9-14/h6-9,11,16H,2-5,10H2,1H3/t16-/m0/s1. The first-order chi connectivity index (χ1) is 11.0. The molecule has 1 aliphatic rings. The molecule has 0 bridgehead atoms. The van der Waals surface area contributed by atoms with E-state index in [-0.39, 0.29) is 10.9 Å². The number of benzene rings is 1. The van der Waals surface area contributed by atoms with Crippen molar-refractivity contribution in [3.05, 3.63) is 47.6 Å². The van der Waals surface area contributed by atoms with E-state index in [4.69, 9.17) is 4.52 Å². The molecule has 0 unspecified atom stereocenters. The molecule has 0 radical (unpaired) electrons. The second-order valence-corrected chi connectivity index (χ2v) is 7.69. The molecular weight excluding hydrogens is 319 g/mol. The average Bonchev–Trinajstić information content (AvgIpc) is 2.80. The van der Waals surface area contributed by atoms with E-state index in [2.05, 4.69) is 5.16 Å². The molecule has 1 saturated heterocycles. The predicted octanol–water partition coefficient (Wildman–Crippen LogP) is 3.43. The van der Waals surface area contributed by atoms with Gasteiger partial charge in [0.05, 0.1) is 10.9 Å². The molecule has 7 heteroatoms. The number of sulfonamides is 1. The maximum atomic E-state index is 13.1. The lowest BCUT2D eigenvalue weighted by molar-refractivity contribution is 0.304. The molecule has 23 heavy (non-hydrogen) atoms. The number of halogens is 1. The van der Waals surface area contributed by atoms with Crippen LogP contribution in [0.1, 0.15) is 43.2 Å². The van der Waals surface area contributed by atoms with Crippen molar-refractivity contribution < 1.29 is 17.3 Å². The van der Waals surface area contributed by atoms with Crippen LogP contribution in [0.25, 0.3) is 0 Å². The Bertz CT molecular complexity index is 771. The van der Waals surface area contributed by atoms with Crippen LogP contribution in [0.15, 0.2) is 39.8 Å². The van der Waals surface area contributed by atoms with Gasteiger partial charge >= 0.3 is 0 Å². The molecular formula is C16H19FN2O3S. The van der Waals surface area contributed by atoms with Crippen molar-refractivity contribution >= 4 is 10.0 Å². The van der Waals surface area contributed by atoms with Gasteiger partial charge in [0.1, 0.15) is 17.3 Å². The third-order valence-corrected chi connectivity index (χ3v) is 6.03. The Kier molecular flexibility index (Phi) is 4.50. The van der Waals surface area contributed by atoms with Crippen LogP contribution in [0, 0.1) is 12.7 Å².